The molecule has 348 valence electrons. The van der Waals surface area contributed by atoms with Crippen molar-refractivity contribution in [1.29, 1.82) is 0 Å². The summed E-state index contributed by atoms with van der Waals surface area (Å²) in [6, 6.07) is 99.3. The quantitative estimate of drug-likeness (QED) is 0.127. The molecule has 0 saturated heterocycles. The normalized spacial score (nSPS) is 13.8. The second kappa shape index (κ2) is 17.6. The van der Waals surface area contributed by atoms with Crippen LogP contribution in [0.2, 0.25) is 0 Å². The van der Waals surface area contributed by atoms with Crippen LogP contribution in [0.25, 0.3) is 77.4 Å². The van der Waals surface area contributed by atoms with Gasteiger partial charge < -0.3 is 14.2 Å². The van der Waals surface area contributed by atoms with E-state index in [2.05, 4.69) is 265 Å². The van der Waals surface area contributed by atoms with Crippen LogP contribution in [0, 0.1) is 0 Å². The summed E-state index contributed by atoms with van der Waals surface area (Å²) in [4.78, 5) is 2.43. The molecule has 0 amide bonds. The summed E-state index contributed by atoms with van der Waals surface area (Å²) in [7, 11) is 0. The molecule has 14 rings (SSSR count). The standard InChI is InChI=1S/C71H48N2O/c1-2-48-25-38-59(39-26-48)74-60-40-32-54(33-41-60)71(53-16-5-3-6-17-53)67-23-13-11-21-63(67)64-43-37-58(47-68(64)71)72(57-36-42-62-52(45-57)28-27-50-15-9-10-20-61(50)62)56-34-29-49(30-35-56)51-31-44-70-66(46-51)65-22-12-14-24-69(65)73(70)55-18-7-4-8-19-55/h2-47H,1H2. The van der Waals surface area contributed by atoms with Gasteiger partial charge in [0.1, 0.15) is 11.5 Å². The summed E-state index contributed by atoms with van der Waals surface area (Å²) in [6.07, 6.45) is 1.84. The van der Waals surface area contributed by atoms with Gasteiger partial charge in [-0.25, -0.2) is 0 Å². The Kier molecular flexibility index (Phi) is 10.2. The zero-order valence-corrected chi connectivity index (χ0v) is 40.6. The molecule has 13 aromatic rings. The number of aromatic nitrogens is 1. The maximum absolute atomic E-state index is 6.42. The molecule has 0 aliphatic heterocycles. The zero-order chi connectivity index (χ0) is 49.2. The fourth-order valence-electron chi connectivity index (χ4n) is 11.9. The Hall–Kier alpha value is -9.70. The molecule has 3 heteroatoms. The van der Waals surface area contributed by atoms with Crippen LogP contribution in [-0.2, 0) is 5.41 Å². The van der Waals surface area contributed by atoms with Gasteiger partial charge in [-0.3, -0.25) is 0 Å². The van der Waals surface area contributed by atoms with Crippen molar-refractivity contribution in [3.05, 3.63) is 307 Å². The molecule has 1 heterocycles. The molecule has 12 aromatic carbocycles. The smallest absolute Gasteiger partial charge is 0.127 e. The molecule has 0 spiro atoms. The second-order valence-electron chi connectivity index (χ2n) is 19.3. The Bertz CT molecular complexity index is 4270. The van der Waals surface area contributed by atoms with Gasteiger partial charge in [0.2, 0.25) is 0 Å². The number of para-hydroxylation sites is 2. The first-order valence-electron chi connectivity index (χ1n) is 25.3. The summed E-state index contributed by atoms with van der Waals surface area (Å²) in [5, 5.41) is 7.39. The van der Waals surface area contributed by atoms with Gasteiger partial charge in [0.05, 0.1) is 16.4 Å². The van der Waals surface area contributed by atoms with Crippen molar-refractivity contribution in [1.82, 2.24) is 4.57 Å². The van der Waals surface area contributed by atoms with E-state index in [9.17, 15) is 0 Å². The van der Waals surface area contributed by atoms with Crippen LogP contribution in [0.5, 0.6) is 11.5 Å². The molecule has 3 nitrogen and oxygen atoms in total. The Morgan fingerprint density at radius 2 is 0.959 bits per heavy atom. The van der Waals surface area contributed by atoms with Crippen molar-refractivity contribution < 1.29 is 4.74 Å². The summed E-state index contributed by atoms with van der Waals surface area (Å²) in [5.74, 6) is 1.56. The minimum atomic E-state index is -0.632. The SMILES string of the molecule is C=Cc1ccc(Oc2ccc(C3(c4ccccc4)c4ccccc4-c4ccc(N(c5ccc(-c6ccc7c(c6)c6ccccc6n7-c6ccccc6)cc5)c5ccc6c(ccc7ccccc76)c5)cc43)cc2)cc1. The van der Waals surface area contributed by atoms with Gasteiger partial charge in [-0.15, -0.1) is 0 Å². The first-order chi connectivity index (χ1) is 36.6. The van der Waals surface area contributed by atoms with Crippen molar-refractivity contribution in [3.8, 4) is 39.4 Å². The van der Waals surface area contributed by atoms with E-state index in [1.807, 2.05) is 30.3 Å². The summed E-state index contributed by atoms with van der Waals surface area (Å²) < 4.78 is 8.80. The fourth-order valence-corrected chi connectivity index (χ4v) is 11.9. The third-order valence-electron chi connectivity index (χ3n) is 15.3. The average Bonchev–Trinajstić information content (AvgIpc) is 3.96. The zero-order valence-electron chi connectivity index (χ0n) is 40.6. The van der Waals surface area contributed by atoms with Crippen molar-refractivity contribution in [3.63, 3.8) is 0 Å². The third kappa shape index (κ3) is 6.97. The van der Waals surface area contributed by atoms with Crippen LogP contribution in [0.1, 0.15) is 27.8 Å². The van der Waals surface area contributed by atoms with Crippen LogP contribution < -0.4 is 9.64 Å². The van der Waals surface area contributed by atoms with E-state index >= 15 is 0 Å². The Morgan fingerprint density at radius 1 is 0.378 bits per heavy atom. The van der Waals surface area contributed by atoms with Crippen LogP contribution >= 0.6 is 0 Å². The summed E-state index contributed by atoms with van der Waals surface area (Å²) in [5.41, 5.74) is 16.8. The lowest BCUT2D eigenvalue weighted by Crippen LogP contribution is -2.28. The van der Waals surface area contributed by atoms with E-state index in [4.69, 9.17) is 4.74 Å². The lowest BCUT2D eigenvalue weighted by Gasteiger charge is -2.35. The van der Waals surface area contributed by atoms with Crippen molar-refractivity contribution >= 4 is 66.5 Å². The van der Waals surface area contributed by atoms with E-state index in [1.165, 1.54) is 82.3 Å². The number of ether oxygens (including phenoxy) is 1. The van der Waals surface area contributed by atoms with Gasteiger partial charge >= 0.3 is 0 Å². The average molecular weight is 945 g/mol. The maximum Gasteiger partial charge on any atom is 0.127 e. The molecule has 1 aromatic heterocycles. The molecule has 1 aliphatic rings. The molecule has 0 N–H and O–H groups in total. The van der Waals surface area contributed by atoms with E-state index in [-0.39, 0.29) is 0 Å². The maximum atomic E-state index is 6.42. The predicted molar refractivity (Wildman–Crippen MR) is 310 cm³/mol. The van der Waals surface area contributed by atoms with Crippen molar-refractivity contribution in [2.75, 3.05) is 4.90 Å². The summed E-state index contributed by atoms with van der Waals surface area (Å²) in [6.45, 7) is 3.91. The van der Waals surface area contributed by atoms with E-state index in [0.717, 1.165) is 45.4 Å². The number of fused-ring (bicyclic) bond motifs is 9. The minimum Gasteiger partial charge on any atom is -0.457 e. The second-order valence-corrected chi connectivity index (χ2v) is 19.3. The molecule has 0 radical (unpaired) electrons. The van der Waals surface area contributed by atoms with Crippen molar-refractivity contribution in [2.45, 2.75) is 5.41 Å². The number of nitrogens with zero attached hydrogens (tertiary/aromatic N) is 2. The van der Waals surface area contributed by atoms with Crippen LogP contribution in [-0.4, -0.2) is 4.57 Å². The van der Waals surface area contributed by atoms with Crippen LogP contribution in [0.3, 0.4) is 0 Å². The molecule has 0 saturated carbocycles. The van der Waals surface area contributed by atoms with Gasteiger partial charge in [-0.05, 0) is 163 Å². The molecule has 74 heavy (non-hydrogen) atoms. The molecule has 1 unspecified atom stereocenters. The highest BCUT2D eigenvalue weighted by molar-refractivity contribution is 6.11. The van der Waals surface area contributed by atoms with Gasteiger partial charge in [0, 0.05) is 33.5 Å². The number of rotatable bonds is 10. The Labute approximate surface area is 430 Å². The van der Waals surface area contributed by atoms with Crippen LogP contribution in [0.4, 0.5) is 17.1 Å². The Morgan fingerprint density at radius 3 is 1.76 bits per heavy atom. The van der Waals surface area contributed by atoms with Gasteiger partial charge in [-0.1, -0.05) is 195 Å². The molecular formula is C71H48N2O. The summed E-state index contributed by atoms with van der Waals surface area (Å²) >= 11 is 0. The molecule has 0 bridgehead atoms. The molecular weight excluding hydrogens is 897 g/mol. The number of anilines is 3. The largest absolute Gasteiger partial charge is 0.457 e. The molecule has 1 aliphatic carbocycles. The number of hydrogen-bond acceptors (Lipinski definition) is 2. The van der Waals surface area contributed by atoms with E-state index in [0.29, 0.717) is 0 Å². The number of benzene rings is 12. The highest BCUT2D eigenvalue weighted by atomic mass is 16.5. The topological polar surface area (TPSA) is 17.4 Å². The predicted octanol–water partition coefficient (Wildman–Crippen LogP) is 19.0. The van der Waals surface area contributed by atoms with Gasteiger partial charge in [-0.2, -0.15) is 0 Å². The monoisotopic (exact) mass is 944 g/mol. The number of hydrogen-bond donors (Lipinski definition) is 0. The molecule has 1 atom stereocenters. The lowest BCUT2D eigenvalue weighted by molar-refractivity contribution is 0.482. The van der Waals surface area contributed by atoms with Crippen molar-refractivity contribution in [2.24, 2.45) is 0 Å². The first-order valence-corrected chi connectivity index (χ1v) is 25.3. The van der Waals surface area contributed by atoms with E-state index < -0.39 is 5.41 Å². The van der Waals surface area contributed by atoms with Gasteiger partial charge in [0.25, 0.3) is 0 Å². The minimum absolute atomic E-state index is 0.632. The first kappa shape index (κ1) is 43.1. The fraction of sp³-hybridized carbons (Fsp3) is 0.0141. The van der Waals surface area contributed by atoms with E-state index in [1.54, 1.807) is 0 Å². The third-order valence-corrected chi connectivity index (χ3v) is 15.3. The highest BCUT2D eigenvalue weighted by Gasteiger charge is 2.46. The lowest BCUT2D eigenvalue weighted by atomic mass is 9.67. The van der Waals surface area contributed by atoms with Crippen LogP contribution in [0.15, 0.2) is 280 Å². The molecule has 0 fully saturated rings. The highest BCUT2D eigenvalue weighted by Crippen LogP contribution is 2.57. The Balaban J connectivity index is 0.926. The van der Waals surface area contributed by atoms with Gasteiger partial charge in [0.15, 0.2) is 0 Å².